The Morgan fingerprint density at radius 3 is 2.91 bits per heavy atom. The van der Waals surface area contributed by atoms with Crippen LogP contribution in [-0.4, -0.2) is 53.8 Å². The maximum atomic E-state index is 11.7. The molecule has 2 N–H and O–H groups in total. The van der Waals surface area contributed by atoms with E-state index in [1.165, 1.54) is 0 Å². The molecule has 6 nitrogen and oxygen atoms in total. The van der Waals surface area contributed by atoms with Gasteiger partial charge in [-0.05, 0) is 69.6 Å². The maximum Gasteiger partial charge on any atom is 0.306 e. The van der Waals surface area contributed by atoms with Crippen LogP contribution in [0.5, 0.6) is 5.75 Å². The largest absolute Gasteiger partial charge is 0.491 e. The van der Waals surface area contributed by atoms with E-state index < -0.39 is 12.2 Å². The molecule has 3 rings (SSSR count). The molecular weight excluding hydrogens is 444 g/mol. The fourth-order valence-electron chi connectivity index (χ4n) is 4.85. The second-order valence-corrected chi connectivity index (χ2v) is 9.95. The van der Waals surface area contributed by atoms with Crippen molar-refractivity contribution in [2.75, 3.05) is 13.2 Å². The van der Waals surface area contributed by atoms with E-state index in [1.807, 2.05) is 19.9 Å². The summed E-state index contributed by atoms with van der Waals surface area (Å²) in [6.07, 6.45) is 7.13. The predicted octanol–water partition coefficient (Wildman–Crippen LogP) is 4.55. The van der Waals surface area contributed by atoms with Crippen molar-refractivity contribution >= 4 is 17.6 Å². The van der Waals surface area contributed by atoms with E-state index in [-0.39, 0.29) is 36.6 Å². The molecule has 0 unspecified atom stereocenters. The summed E-state index contributed by atoms with van der Waals surface area (Å²) >= 11 is 5.96. The zero-order valence-electron chi connectivity index (χ0n) is 19.6. The molecule has 6 atom stereocenters. The number of fused-ring (bicyclic) bond motifs is 1. The van der Waals surface area contributed by atoms with E-state index in [9.17, 15) is 15.0 Å². The summed E-state index contributed by atoms with van der Waals surface area (Å²) in [5.74, 6) is 1.07. The number of hydrogen-bond acceptors (Lipinski definition) is 6. The lowest BCUT2D eigenvalue weighted by Crippen LogP contribution is -2.22. The summed E-state index contributed by atoms with van der Waals surface area (Å²) in [6.45, 7) is 4.51. The topological polar surface area (TPSA) is 85.2 Å². The van der Waals surface area contributed by atoms with Crippen molar-refractivity contribution < 1.29 is 29.2 Å². The SMILES string of the molecule is CC(C)OC(=O)CCC[C@@H]1CC[C@@H]2[C@@H](/C=C/[C@H](O)COc3cccc(Cl)c3)[C@H](O)C[C@@H]2OC1. The number of halogens is 1. The normalized spacial score (nSPS) is 28.5. The number of hydrogen-bond donors (Lipinski definition) is 2. The number of carbonyl (C=O) groups excluding carboxylic acids is 1. The Labute approximate surface area is 201 Å². The van der Waals surface area contributed by atoms with Gasteiger partial charge < -0.3 is 24.4 Å². The predicted molar refractivity (Wildman–Crippen MR) is 127 cm³/mol. The van der Waals surface area contributed by atoms with E-state index in [1.54, 1.807) is 30.3 Å². The van der Waals surface area contributed by atoms with Crippen molar-refractivity contribution in [1.82, 2.24) is 0 Å². The summed E-state index contributed by atoms with van der Waals surface area (Å²) in [5, 5.41) is 21.5. The number of aliphatic hydroxyl groups excluding tert-OH is 2. The van der Waals surface area contributed by atoms with Crippen LogP contribution in [0.1, 0.15) is 52.4 Å². The van der Waals surface area contributed by atoms with Crippen molar-refractivity contribution in [3.05, 3.63) is 41.4 Å². The summed E-state index contributed by atoms with van der Waals surface area (Å²) in [4.78, 5) is 11.7. The standard InChI is InChI=1S/C26H37ClO6/c1-17(2)33-26(30)8-3-5-18-9-11-23-22(24(29)14-25(23)32-15-18)12-10-20(28)16-31-21-7-4-6-19(27)13-21/h4,6-7,10,12-13,17-18,20,22-25,28-29H,3,5,8-9,11,14-16H2,1-2H3/b12-10+/t18-,20+,22-,23-,24-,25+/m1/s1. The van der Waals surface area contributed by atoms with Crippen LogP contribution in [0.25, 0.3) is 0 Å². The molecule has 2 aliphatic rings. The van der Waals surface area contributed by atoms with Gasteiger partial charge in [-0.1, -0.05) is 29.8 Å². The van der Waals surface area contributed by atoms with Crippen LogP contribution in [0.2, 0.25) is 5.02 Å². The summed E-state index contributed by atoms with van der Waals surface area (Å²) < 4.78 is 17.0. The maximum absolute atomic E-state index is 11.7. The minimum absolute atomic E-state index is 0.0328. The van der Waals surface area contributed by atoms with Gasteiger partial charge in [-0.2, -0.15) is 0 Å². The molecular formula is C26H37ClO6. The number of rotatable bonds is 10. The molecule has 0 radical (unpaired) electrons. The average Bonchev–Trinajstić information content (AvgIpc) is 2.92. The average molecular weight is 481 g/mol. The first-order valence-electron chi connectivity index (χ1n) is 12.1. The number of ether oxygens (including phenoxy) is 3. The van der Waals surface area contributed by atoms with Crippen LogP contribution in [0.4, 0.5) is 0 Å². The first-order chi connectivity index (χ1) is 15.8. The Morgan fingerprint density at radius 2 is 2.15 bits per heavy atom. The number of benzene rings is 1. The molecule has 0 bridgehead atoms. The highest BCUT2D eigenvalue weighted by Crippen LogP contribution is 2.42. The summed E-state index contributed by atoms with van der Waals surface area (Å²) in [7, 11) is 0. The van der Waals surface area contributed by atoms with Gasteiger partial charge in [0.15, 0.2) is 0 Å². The molecule has 1 heterocycles. The van der Waals surface area contributed by atoms with E-state index in [0.29, 0.717) is 36.1 Å². The number of aliphatic hydroxyl groups is 2. The Balaban J connectivity index is 1.45. The molecule has 0 spiro atoms. The van der Waals surface area contributed by atoms with E-state index in [2.05, 4.69) is 0 Å². The highest BCUT2D eigenvalue weighted by molar-refractivity contribution is 6.30. The molecule has 1 aliphatic heterocycles. The zero-order chi connectivity index (χ0) is 23.8. The van der Waals surface area contributed by atoms with Crippen LogP contribution in [0.3, 0.4) is 0 Å². The van der Waals surface area contributed by atoms with E-state index >= 15 is 0 Å². The molecule has 1 saturated heterocycles. The molecule has 2 fully saturated rings. The molecule has 7 heteroatoms. The van der Waals surface area contributed by atoms with Crippen molar-refractivity contribution in [3.8, 4) is 5.75 Å². The fourth-order valence-corrected chi connectivity index (χ4v) is 5.03. The second kappa shape index (κ2) is 12.7. The zero-order valence-corrected chi connectivity index (χ0v) is 20.3. The quantitative estimate of drug-likeness (QED) is 0.377. The lowest BCUT2D eigenvalue weighted by atomic mass is 9.86. The molecule has 1 aromatic carbocycles. The van der Waals surface area contributed by atoms with Crippen molar-refractivity contribution in [1.29, 1.82) is 0 Å². The van der Waals surface area contributed by atoms with Gasteiger partial charge in [0.2, 0.25) is 0 Å². The van der Waals surface area contributed by atoms with Gasteiger partial charge in [-0.15, -0.1) is 0 Å². The van der Waals surface area contributed by atoms with Gasteiger partial charge in [-0.3, -0.25) is 4.79 Å². The summed E-state index contributed by atoms with van der Waals surface area (Å²) in [5.41, 5.74) is 0. The Kier molecular flexibility index (Phi) is 10.0. The van der Waals surface area contributed by atoms with Crippen LogP contribution in [0, 0.1) is 17.8 Å². The van der Waals surface area contributed by atoms with Crippen LogP contribution in [-0.2, 0) is 14.3 Å². The monoisotopic (exact) mass is 480 g/mol. The van der Waals surface area contributed by atoms with Crippen molar-refractivity contribution in [2.45, 2.75) is 76.8 Å². The Hall–Kier alpha value is -1.60. The molecule has 33 heavy (non-hydrogen) atoms. The van der Waals surface area contributed by atoms with Gasteiger partial charge in [0.25, 0.3) is 0 Å². The van der Waals surface area contributed by atoms with Gasteiger partial charge in [0.1, 0.15) is 18.5 Å². The lowest BCUT2D eigenvalue weighted by molar-refractivity contribution is -0.147. The summed E-state index contributed by atoms with van der Waals surface area (Å²) in [6, 6.07) is 7.06. The van der Waals surface area contributed by atoms with E-state index in [4.69, 9.17) is 25.8 Å². The fraction of sp³-hybridized carbons (Fsp3) is 0.654. The third kappa shape index (κ3) is 8.29. The van der Waals surface area contributed by atoms with Crippen molar-refractivity contribution in [2.24, 2.45) is 17.8 Å². The van der Waals surface area contributed by atoms with Gasteiger partial charge in [0.05, 0.1) is 18.3 Å². The minimum Gasteiger partial charge on any atom is -0.491 e. The van der Waals surface area contributed by atoms with Gasteiger partial charge in [-0.25, -0.2) is 0 Å². The lowest BCUT2D eigenvalue weighted by Gasteiger charge is -2.21. The van der Waals surface area contributed by atoms with Crippen LogP contribution < -0.4 is 4.74 Å². The molecule has 184 valence electrons. The highest BCUT2D eigenvalue weighted by Gasteiger charge is 2.43. The first kappa shape index (κ1) is 26.0. The molecule has 1 saturated carbocycles. The number of esters is 1. The minimum atomic E-state index is -0.778. The van der Waals surface area contributed by atoms with Crippen LogP contribution in [0.15, 0.2) is 36.4 Å². The highest BCUT2D eigenvalue weighted by atomic mass is 35.5. The first-order valence-corrected chi connectivity index (χ1v) is 12.4. The number of carbonyl (C=O) groups is 1. The molecule has 0 amide bonds. The van der Waals surface area contributed by atoms with Gasteiger partial charge in [0, 0.05) is 30.4 Å². The van der Waals surface area contributed by atoms with E-state index in [0.717, 1.165) is 25.7 Å². The Morgan fingerprint density at radius 1 is 1.33 bits per heavy atom. The third-order valence-electron chi connectivity index (χ3n) is 6.48. The van der Waals surface area contributed by atoms with Crippen molar-refractivity contribution in [3.63, 3.8) is 0 Å². The second-order valence-electron chi connectivity index (χ2n) is 9.51. The third-order valence-corrected chi connectivity index (χ3v) is 6.71. The Bertz CT molecular complexity index is 782. The molecule has 1 aliphatic carbocycles. The smallest absolute Gasteiger partial charge is 0.306 e. The molecule has 1 aromatic rings. The van der Waals surface area contributed by atoms with Crippen LogP contribution >= 0.6 is 11.6 Å². The molecule has 0 aromatic heterocycles. The van der Waals surface area contributed by atoms with Gasteiger partial charge >= 0.3 is 5.97 Å².